The van der Waals surface area contributed by atoms with Gasteiger partial charge in [0.25, 0.3) is 5.91 Å². The lowest BCUT2D eigenvalue weighted by Crippen LogP contribution is -2.40. The Bertz CT molecular complexity index is 628. The highest BCUT2D eigenvalue weighted by atomic mass is 16.5. The molecule has 1 unspecified atom stereocenters. The molecule has 6 heteroatoms. The number of ether oxygens (including phenoxy) is 1. The van der Waals surface area contributed by atoms with Crippen molar-refractivity contribution >= 4 is 11.8 Å². The maximum absolute atomic E-state index is 12.1. The first kappa shape index (κ1) is 19.7. The van der Waals surface area contributed by atoms with Crippen LogP contribution in [0.25, 0.3) is 0 Å². The minimum atomic E-state index is -0.0621. The number of benzene rings is 1. The van der Waals surface area contributed by atoms with Gasteiger partial charge in [-0.05, 0) is 63.4 Å². The fraction of sp³-hybridized carbons (Fsp3) is 0.619. The molecule has 2 fully saturated rings. The first-order valence-corrected chi connectivity index (χ1v) is 10.1. The maximum atomic E-state index is 12.1. The lowest BCUT2D eigenvalue weighted by atomic mass is 10.00. The molecule has 2 aliphatic rings. The summed E-state index contributed by atoms with van der Waals surface area (Å²) in [7, 11) is 2.11. The van der Waals surface area contributed by atoms with Crippen molar-refractivity contribution in [3.63, 3.8) is 0 Å². The van der Waals surface area contributed by atoms with Crippen molar-refractivity contribution in [1.82, 2.24) is 15.5 Å². The van der Waals surface area contributed by atoms with Crippen LogP contribution >= 0.6 is 0 Å². The molecule has 0 aromatic heterocycles. The fourth-order valence-electron chi connectivity index (χ4n) is 3.43. The standard InChI is InChI=1S/C21H31N3O3/c1-24-13-3-2-4-18(24)14-20(25)22-12-11-16-5-9-19(10-6-16)27-15-21(26)23-17-7-8-17/h5-6,9-10,17-18H,2-4,7-8,11-15H2,1H3,(H,22,25)(H,23,26). The Hall–Kier alpha value is -2.08. The Kier molecular flexibility index (Phi) is 7.10. The number of nitrogens with zero attached hydrogens (tertiary/aromatic N) is 1. The molecule has 3 rings (SSSR count). The number of likely N-dealkylation sites (tertiary alicyclic amines) is 1. The molecule has 1 aromatic rings. The van der Waals surface area contributed by atoms with Gasteiger partial charge in [0.05, 0.1) is 0 Å². The maximum Gasteiger partial charge on any atom is 0.258 e. The first-order valence-electron chi connectivity index (χ1n) is 10.1. The summed E-state index contributed by atoms with van der Waals surface area (Å²) in [5.41, 5.74) is 1.14. The Labute approximate surface area is 161 Å². The van der Waals surface area contributed by atoms with Crippen LogP contribution in [-0.2, 0) is 16.0 Å². The fourth-order valence-corrected chi connectivity index (χ4v) is 3.43. The molecular weight excluding hydrogens is 342 g/mol. The van der Waals surface area contributed by atoms with E-state index < -0.39 is 0 Å². The van der Waals surface area contributed by atoms with E-state index in [0.717, 1.165) is 37.8 Å². The molecule has 1 saturated heterocycles. The third kappa shape index (κ3) is 6.86. The number of carbonyl (C=O) groups is 2. The van der Waals surface area contributed by atoms with Crippen molar-refractivity contribution in [1.29, 1.82) is 0 Å². The zero-order chi connectivity index (χ0) is 19.1. The third-order valence-corrected chi connectivity index (χ3v) is 5.31. The number of amides is 2. The predicted octanol–water partition coefficient (Wildman–Crippen LogP) is 1.88. The van der Waals surface area contributed by atoms with Crippen LogP contribution in [0.1, 0.15) is 44.1 Å². The average Bonchev–Trinajstić information content (AvgIpc) is 3.47. The molecule has 0 spiro atoms. The summed E-state index contributed by atoms with van der Waals surface area (Å²) in [6.45, 7) is 1.79. The van der Waals surface area contributed by atoms with E-state index in [4.69, 9.17) is 4.74 Å². The molecule has 1 aromatic carbocycles. The number of rotatable bonds is 9. The van der Waals surface area contributed by atoms with Gasteiger partial charge in [-0.15, -0.1) is 0 Å². The van der Waals surface area contributed by atoms with Crippen LogP contribution in [0.4, 0.5) is 0 Å². The molecule has 6 nitrogen and oxygen atoms in total. The molecule has 27 heavy (non-hydrogen) atoms. The number of piperidine rings is 1. The lowest BCUT2D eigenvalue weighted by molar-refractivity contribution is -0.123. The smallest absolute Gasteiger partial charge is 0.258 e. The highest BCUT2D eigenvalue weighted by Gasteiger charge is 2.23. The van der Waals surface area contributed by atoms with E-state index in [2.05, 4.69) is 22.6 Å². The van der Waals surface area contributed by atoms with Gasteiger partial charge in [0.2, 0.25) is 5.91 Å². The quantitative estimate of drug-likeness (QED) is 0.693. The zero-order valence-electron chi connectivity index (χ0n) is 16.2. The first-order chi connectivity index (χ1) is 13.1. The number of nitrogens with one attached hydrogen (secondary N) is 2. The third-order valence-electron chi connectivity index (χ3n) is 5.31. The van der Waals surface area contributed by atoms with Crippen LogP contribution in [0.15, 0.2) is 24.3 Å². The molecule has 1 aliphatic carbocycles. The van der Waals surface area contributed by atoms with Gasteiger partial charge >= 0.3 is 0 Å². The van der Waals surface area contributed by atoms with Gasteiger partial charge in [0, 0.05) is 25.0 Å². The molecule has 1 saturated carbocycles. The van der Waals surface area contributed by atoms with Crippen LogP contribution < -0.4 is 15.4 Å². The zero-order valence-corrected chi connectivity index (χ0v) is 16.2. The van der Waals surface area contributed by atoms with Gasteiger partial charge in [-0.1, -0.05) is 18.6 Å². The second-order valence-corrected chi connectivity index (χ2v) is 7.71. The van der Waals surface area contributed by atoms with Crippen molar-refractivity contribution in [2.24, 2.45) is 0 Å². The molecule has 148 valence electrons. The number of hydrogen-bond donors (Lipinski definition) is 2. The Morgan fingerprint density at radius 1 is 1.11 bits per heavy atom. The Balaban J connectivity index is 1.32. The van der Waals surface area contributed by atoms with Gasteiger partial charge in [0.1, 0.15) is 5.75 Å². The van der Waals surface area contributed by atoms with E-state index in [0.29, 0.717) is 30.8 Å². The van der Waals surface area contributed by atoms with Crippen LogP contribution in [0, 0.1) is 0 Å². The van der Waals surface area contributed by atoms with Gasteiger partial charge < -0.3 is 20.3 Å². The summed E-state index contributed by atoms with van der Waals surface area (Å²) in [6.07, 6.45) is 7.10. The van der Waals surface area contributed by atoms with Gasteiger partial charge in [-0.2, -0.15) is 0 Å². The summed E-state index contributed by atoms with van der Waals surface area (Å²) in [5, 5.41) is 5.93. The minimum absolute atomic E-state index is 0.0571. The second-order valence-electron chi connectivity index (χ2n) is 7.71. The van der Waals surface area contributed by atoms with Crippen molar-refractivity contribution < 1.29 is 14.3 Å². The molecule has 2 N–H and O–H groups in total. The van der Waals surface area contributed by atoms with E-state index in [1.807, 2.05) is 24.3 Å². The van der Waals surface area contributed by atoms with Crippen molar-refractivity contribution in [3.8, 4) is 5.75 Å². The minimum Gasteiger partial charge on any atom is -0.484 e. The summed E-state index contributed by atoms with van der Waals surface area (Å²) in [5.74, 6) is 0.761. The number of carbonyl (C=O) groups excluding carboxylic acids is 2. The molecule has 1 heterocycles. The summed E-state index contributed by atoms with van der Waals surface area (Å²) < 4.78 is 5.50. The van der Waals surface area contributed by atoms with Gasteiger partial charge in [-0.3, -0.25) is 9.59 Å². The molecule has 1 atom stereocenters. The molecule has 0 bridgehead atoms. The predicted molar refractivity (Wildman–Crippen MR) is 105 cm³/mol. The van der Waals surface area contributed by atoms with Crippen LogP contribution in [0.3, 0.4) is 0 Å². The Morgan fingerprint density at radius 3 is 2.59 bits per heavy atom. The summed E-state index contributed by atoms with van der Waals surface area (Å²) in [6, 6.07) is 8.45. The monoisotopic (exact) mass is 373 g/mol. The van der Waals surface area contributed by atoms with E-state index in [1.165, 1.54) is 12.8 Å². The highest BCUT2D eigenvalue weighted by Crippen LogP contribution is 2.19. The van der Waals surface area contributed by atoms with E-state index in [9.17, 15) is 9.59 Å². The van der Waals surface area contributed by atoms with Crippen molar-refractivity contribution in [2.75, 3.05) is 26.7 Å². The molecule has 2 amide bonds. The van der Waals surface area contributed by atoms with Crippen molar-refractivity contribution in [2.45, 2.75) is 57.0 Å². The van der Waals surface area contributed by atoms with Crippen LogP contribution in [0.5, 0.6) is 5.75 Å². The number of hydrogen-bond acceptors (Lipinski definition) is 4. The van der Waals surface area contributed by atoms with Gasteiger partial charge in [0.15, 0.2) is 6.61 Å². The SMILES string of the molecule is CN1CCCCC1CC(=O)NCCc1ccc(OCC(=O)NC2CC2)cc1. The molecule has 0 radical (unpaired) electrons. The average molecular weight is 373 g/mol. The van der Waals surface area contributed by atoms with Crippen LogP contribution in [0.2, 0.25) is 0 Å². The van der Waals surface area contributed by atoms with E-state index in [1.54, 1.807) is 0 Å². The molecular formula is C21H31N3O3. The molecule has 1 aliphatic heterocycles. The summed E-state index contributed by atoms with van der Waals surface area (Å²) in [4.78, 5) is 26.1. The van der Waals surface area contributed by atoms with Crippen LogP contribution in [-0.4, -0.2) is 55.5 Å². The summed E-state index contributed by atoms with van der Waals surface area (Å²) >= 11 is 0. The Morgan fingerprint density at radius 2 is 1.89 bits per heavy atom. The van der Waals surface area contributed by atoms with E-state index >= 15 is 0 Å². The second kappa shape index (κ2) is 9.74. The highest BCUT2D eigenvalue weighted by molar-refractivity contribution is 5.78. The topological polar surface area (TPSA) is 70.7 Å². The largest absolute Gasteiger partial charge is 0.484 e. The van der Waals surface area contributed by atoms with Crippen molar-refractivity contribution in [3.05, 3.63) is 29.8 Å². The lowest BCUT2D eigenvalue weighted by Gasteiger charge is -2.31. The van der Waals surface area contributed by atoms with Gasteiger partial charge in [-0.25, -0.2) is 0 Å². The van der Waals surface area contributed by atoms with E-state index in [-0.39, 0.29) is 18.4 Å². The normalized spacial score (nSPS) is 20.1.